The molecule has 0 aliphatic carbocycles. The fourth-order valence-electron chi connectivity index (χ4n) is 1.91. The molecule has 2 aromatic carbocycles. The highest BCUT2D eigenvalue weighted by Gasteiger charge is 2.18. The number of para-hydroxylation sites is 1. The zero-order valence-corrected chi connectivity index (χ0v) is 12.0. The molecule has 0 heterocycles. The molecule has 0 atom stereocenters. The van der Waals surface area contributed by atoms with Gasteiger partial charge < -0.3 is 5.32 Å². The van der Waals surface area contributed by atoms with E-state index in [0.29, 0.717) is 11.3 Å². The average molecular weight is 294 g/mol. The molecule has 0 fully saturated rings. The van der Waals surface area contributed by atoms with E-state index in [9.17, 15) is 12.8 Å². The van der Waals surface area contributed by atoms with Gasteiger partial charge in [0.25, 0.3) is 10.0 Å². The van der Waals surface area contributed by atoms with Crippen LogP contribution >= 0.6 is 0 Å². The van der Waals surface area contributed by atoms with Crippen LogP contribution in [0.15, 0.2) is 47.4 Å². The molecular formula is C14H15FN2O2S. The second-order valence-electron chi connectivity index (χ2n) is 4.37. The Hall–Kier alpha value is -2.08. The lowest BCUT2D eigenvalue weighted by molar-refractivity contribution is 0.601. The third-order valence-electron chi connectivity index (χ3n) is 2.74. The minimum Gasteiger partial charge on any atom is -0.387 e. The van der Waals surface area contributed by atoms with E-state index in [4.69, 9.17) is 0 Å². The highest BCUT2D eigenvalue weighted by molar-refractivity contribution is 7.92. The zero-order valence-electron chi connectivity index (χ0n) is 11.1. The van der Waals surface area contributed by atoms with Crippen LogP contribution in [0.1, 0.15) is 5.56 Å². The summed E-state index contributed by atoms with van der Waals surface area (Å²) in [5, 5.41) is 2.82. The first kappa shape index (κ1) is 14.3. The molecule has 2 N–H and O–H groups in total. The van der Waals surface area contributed by atoms with Gasteiger partial charge in [0.2, 0.25) is 0 Å². The normalized spacial score (nSPS) is 11.2. The van der Waals surface area contributed by atoms with Crippen LogP contribution in [0.25, 0.3) is 0 Å². The van der Waals surface area contributed by atoms with E-state index in [0.717, 1.165) is 6.07 Å². The van der Waals surface area contributed by atoms with Gasteiger partial charge in [-0.25, -0.2) is 12.8 Å². The molecule has 0 amide bonds. The van der Waals surface area contributed by atoms with Crippen molar-refractivity contribution in [2.24, 2.45) is 0 Å². The molecule has 0 radical (unpaired) electrons. The second kappa shape index (κ2) is 5.50. The summed E-state index contributed by atoms with van der Waals surface area (Å²) >= 11 is 0. The lowest BCUT2D eigenvalue weighted by atomic mass is 10.2. The third kappa shape index (κ3) is 3.08. The summed E-state index contributed by atoms with van der Waals surface area (Å²) in [6.45, 7) is 1.70. The van der Waals surface area contributed by atoms with E-state index < -0.39 is 15.8 Å². The van der Waals surface area contributed by atoms with Crippen molar-refractivity contribution in [2.75, 3.05) is 17.1 Å². The van der Waals surface area contributed by atoms with Crippen LogP contribution in [-0.2, 0) is 10.0 Å². The summed E-state index contributed by atoms with van der Waals surface area (Å²) in [4.78, 5) is 0.115. The Morgan fingerprint density at radius 3 is 2.45 bits per heavy atom. The Labute approximate surface area is 117 Å². The van der Waals surface area contributed by atoms with E-state index >= 15 is 0 Å². The highest BCUT2D eigenvalue weighted by Crippen LogP contribution is 2.24. The van der Waals surface area contributed by atoms with E-state index in [1.165, 1.54) is 12.1 Å². The Morgan fingerprint density at radius 1 is 1.10 bits per heavy atom. The van der Waals surface area contributed by atoms with Gasteiger partial charge in [0.15, 0.2) is 0 Å². The molecule has 106 valence electrons. The maximum atomic E-state index is 13.3. The molecule has 2 aromatic rings. The number of anilines is 2. The summed E-state index contributed by atoms with van der Waals surface area (Å²) in [5.41, 5.74) is 1.33. The van der Waals surface area contributed by atoms with Gasteiger partial charge in [0, 0.05) is 7.05 Å². The van der Waals surface area contributed by atoms with Crippen molar-refractivity contribution in [3.8, 4) is 0 Å². The lowest BCUT2D eigenvalue weighted by Gasteiger charge is -2.12. The van der Waals surface area contributed by atoms with Crippen molar-refractivity contribution in [3.05, 3.63) is 53.8 Å². The van der Waals surface area contributed by atoms with Crippen LogP contribution in [0.2, 0.25) is 0 Å². The zero-order chi connectivity index (χ0) is 14.8. The monoisotopic (exact) mass is 294 g/mol. The number of benzene rings is 2. The molecule has 2 rings (SSSR count). The number of hydrogen-bond acceptors (Lipinski definition) is 3. The van der Waals surface area contributed by atoms with Crippen molar-refractivity contribution in [2.45, 2.75) is 11.8 Å². The van der Waals surface area contributed by atoms with Crippen LogP contribution in [0.4, 0.5) is 15.8 Å². The molecule has 6 heteroatoms. The standard InChI is InChI=1S/C14H15FN2O2S/c1-10-7-11(15)9-12(8-10)17-20(18,19)14-6-4-3-5-13(14)16-2/h3-9,16-17H,1-2H3. The average Bonchev–Trinajstić information content (AvgIpc) is 2.36. The molecule has 0 aliphatic heterocycles. The predicted octanol–water partition coefficient (Wildman–Crippen LogP) is 2.98. The van der Waals surface area contributed by atoms with E-state index in [1.54, 1.807) is 38.2 Å². The van der Waals surface area contributed by atoms with Crippen molar-refractivity contribution < 1.29 is 12.8 Å². The quantitative estimate of drug-likeness (QED) is 0.911. The Bertz CT molecular complexity index is 709. The fourth-order valence-corrected chi connectivity index (χ4v) is 3.17. The minimum absolute atomic E-state index is 0.115. The molecule has 0 aliphatic rings. The number of sulfonamides is 1. The highest BCUT2D eigenvalue weighted by atomic mass is 32.2. The van der Waals surface area contributed by atoms with Gasteiger partial charge in [-0.2, -0.15) is 0 Å². The van der Waals surface area contributed by atoms with Gasteiger partial charge in [0.05, 0.1) is 11.4 Å². The molecule has 0 unspecified atom stereocenters. The Morgan fingerprint density at radius 2 is 1.80 bits per heavy atom. The Balaban J connectivity index is 2.41. The Kier molecular flexibility index (Phi) is 3.94. The molecule has 0 spiro atoms. The first-order chi connectivity index (χ1) is 9.42. The van der Waals surface area contributed by atoms with E-state index in [2.05, 4.69) is 10.0 Å². The van der Waals surface area contributed by atoms with E-state index in [-0.39, 0.29) is 10.6 Å². The van der Waals surface area contributed by atoms with Crippen molar-refractivity contribution >= 4 is 21.4 Å². The van der Waals surface area contributed by atoms with Gasteiger partial charge >= 0.3 is 0 Å². The summed E-state index contributed by atoms with van der Waals surface area (Å²) in [6.07, 6.45) is 0. The molecule has 4 nitrogen and oxygen atoms in total. The lowest BCUT2D eigenvalue weighted by Crippen LogP contribution is -2.15. The summed E-state index contributed by atoms with van der Waals surface area (Å²) in [6, 6.07) is 10.6. The largest absolute Gasteiger partial charge is 0.387 e. The van der Waals surface area contributed by atoms with E-state index in [1.807, 2.05) is 0 Å². The minimum atomic E-state index is -3.77. The van der Waals surface area contributed by atoms with Crippen LogP contribution in [-0.4, -0.2) is 15.5 Å². The van der Waals surface area contributed by atoms with Crippen molar-refractivity contribution in [1.29, 1.82) is 0 Å². The predicted molar refractivity (Wildman–Crippen MR) is 77.9 cm³/mol. The van der Waals surface area contributed by atoms with Gasteiger partial charge in [-0.1, -0.05) is 12.1 Å². The SMILES string of the molecule is CNc1ccccc1S(=O)(=O)Nc1cc(C)cc(F)c1. The number of aryl methyl sites for hydroxylation is 1. The molecule has 0 saturated carbocycles. The maximum Gasteiger partial charge on any atom is 0.263 e. The summed E-state index contributed by atoms with van der Waals surface area (Å²) < 4.78 is 40.3. The van der Waals surface area contributed by atoms with Gasteiger partial charge in [-0.15, -0.1) is 0 Å². The third-order valence-corrected chi connectivity index (χ3v) is 4.18. The maximum absolute atomic E-state index is 13.3. The first-order valence-corrected chi connectivity index (χ1v) is 7.47. The van der Waals surface area contributed by atoms with Crippen LogP contribution in [0, 0.1) is 12.7 Å². The second-order valence-corrected chi connectivity index (χ2v) is 6.02. The van der Waals surface area contributed by atoms with Crippen molar-refractivity contribution in [1.82, 2.24) is 0 Å². The number of rotatable bonds is 4. The van der Waals surface area contributed by atoms with Gasteiger partial charge in [-0.3, -0.25) is 4.72 Å². The first-order valence-electron chi connectivity index (χ1n) is 5.99. The smallest absolute Gasteiger partial charge is 0.263 e. The molecular weight excluding hydrogens is 279 g/mol. The molecule has 0 aromatic heterocycles. The summed E-state index contributed by atoms with van der Waals surface area (Å²) in [7, 11) is -2.13. The number of hydrogen-bond donors (Lipinski definition) is 2. The topological polar surface area (TPSA) is 58.2 Å². The van der Waals surface area contributed by atoms with Crippen LogP contribution in [0.3, 0.4) is 0 Å². The molecule has 0 bridgehead atoms. The van der Waals surface area contributed by atoms with Gasteiger partial charge in [0.1, 0.15) is 10.7 Å². The number of nitrogens with one attached hydrogen (secondary N) is 2. The van der Waals surface area contributed by atoms with Crippen LogP contribution in [0.5, 0.6) is 0 Å². The fraction of sp³-hybridized carbons (Fsp3) is 0.143. The summed E-state index contributed by atoms with van der Waals surface area (Å²) in [5.74, 6) is -0.482. The number of halogens is 1. The van der Waals surface area contributed by atoms with Crippen LogP contribution < -0.4 is 10.0 Å². The molecule has 0 saturated heterocycles. The molecule has 20 heavy (non-hydrogen) atoms. The van der Waals surface area contributed by atoms with Crippen molar-refractivity contribution in [3.63, 3.8) is 0 Å². The van der Waals surface area contributed by atoms with Gasteiger partial charge in [-0.05, 0) is 42.8 Å².